The molecule has 17 heavy (non-hydrogen) atoms. The first-order valence-corrected chi connectivity index (χ1v) is 6.63. The Bertz CT molecular complexity index is 318. The Kier molecular flexibility index (Phi) is 5.01. The van der Waals surface area contributed by atoms with E-state index >= 15 is 0 Å². The lowest BCUT2D eigenvalue weighted by atomic mass is 10.2. The standard InChI is InChI=1S/C13H23N3O/c1-17-8-4-7-14-9-12-10-15-16(11-12)13-5-2-3-6-13/h10-11,13-14H,2-9H2,1H3. The number of aromatic nitrogens is 2. The van der Waals surface area contributed by atoms with Gasteiger partial charge in [0.15, 0.2) is 0 Å². The van der Waals surface area contributed by atoms with Gasteiger partial charge in [-0.2, -0.15) is 5.10 Å². The topological polar surface area (TPSA) is 39.1 Å². The first kappa shape index (κ1) is 12.6. The molecular formula is C13H23N3O. The van der Waals surface area contributed by atoms with E-state index in [0.29, 0.717) is 6.04 Å². The minimum atomic E-state index is 0.650. The number of methoxy groups -OCH3 is 1. The van der Waals surface area contributed by atoms with Crippen LogP contribution < -0.4 is 5.32 Å². The highest BCUT2D eigenvalue weighted by Gasteiger charge is 2.17. The lowest BCUT2D eigenvalue weighted by Gasteiger charge is -2.08. The molecule has 1 N–H and O–H groups in total. The summed E-state index contributed by atoms with van der Waals surface area (Å²) in [5, 5.41) is 7.87. The molecule has 0 saturated heterocycles. The van der Waals surface area contributed by atoms with Crippen molar-refractivity contribution in [3.8, 4) is 0 Å². The molecule has 1 fully saturated rings. The van der Waals surface area contributed by atoms with Crippen molar-refractivity contribution in [2.45, 2.75) is 44.7 Å². The minimum Gasteiger partial charge on any atom is -0.385 e. The quantitative estimate of drug-likeness (QED) is 0.738. The molecule has 1 aromatic rings. The number of nitrogens with one attached hydrogen (secondary N) is 1. The largest absolute Gasteiger partial charge is 0.385 e. The lowest BCUT2D eigenvalue weighted by Crippen LogP contribution is -2.15. The summed E-state index contributed by atoms with van der Waals surface area (Å²) in [5.74, 6) is 0. The third-order valence-electron chi connectivity index (χ3n) is 3.38. The summed E-state index contributed by atoms with van der Waals surface area (Å²) in [7, 11) is 1.74. The van der Waals surface area contributed by atoms with Crippen LogP contribution in [-0.2, 0) is 11.3 Å². The zero-order chi connectivity index (χ0) is 11.9. The predicted molar refractivity (Wildman–Crippen MR) is 67.9 cm³/mol. The number of hydrogen-bond donors (Lipinski definition) is 1. The Morgan fingerprint density at radius 1 is 1.47 bits per heavy atom. The lowest BCUT2D eigenvalue weighted by molar-refractivity contribution is 0.194. The van der Waals surface area contributed by atoms with Gasteiger partial charge in [0.2, 0.25) is 0 Å². The van der Waals surface area contributed by atoms with E-state index in [1.165, 1.54) is 31.2 Å². The van der Waals surface area contributed by atoms with Crippen LogP contribution in [0.25, 0.3) is 0 Å². The molecule has 1 aliphatic carbocycles. The molecule has 1 aliphatic rings. The van der Waals surface area contributed by atoms with Crippen molar-refractivity contribution >= 4 is 0 Å². The van der Waals surface area contributed by atoms with Crippen LogP contribution in [0, 0.1) is 0 Å². The number of nitrogens with zero attached hydrogens (tertiary/aromatic N) is 2. The van der Waals surface area contributed by atoms with E-state index in [9.17, 15) is 0 Å². The highest BCUT2D eigenvalue weighted by molar-refractivity contribution is 5.04. The molecule has 0 aliphatic heterocycles. The first-order chi connectivity index (χ1) is 8.40. The highest BCUT2D eigenvalue weighted by Crippen LogP contribution is 2.28. The molecule has 0 aromatic carbocycles. The second-order valence-electron chi connectivity index (χ2n) is 4.79. The summed E-state index contributed by atoms with van der Waals surface area (Å²) >= 11 is 0. The van der Waals surface area contributed by atoms with Gasteiger partial charge in [-0.15, -0.1) is 0 Å². The maximum absolute atomic E-state index is 5.01. The van der Waals surface area contributed by atoms with Gasteiger partial charge in [-0.05, 0) is 25.8 Å². The fourth-order valence-electron chi connectivity index (χ4n) is 2.41. The van der Waals surface area contributed by atoms with E-state index in [1.807, 2.05) is 6.20 Å². The molecule has 0 bridgehead atoms. The second-order valence-corrected chi connectivity index (χ2v) is 4.79. The van der Waals surface area contributed by atoms with E-state index in [0.717, 1.165) is 26.1 Å². The fourth-order valence-corrected chi connectivity index (χ4v) is 2.41. The van der Waals surface area contributed by atoms with Gasteiger partial charge in [-0.1, -0.05) is 12.8 Å². The third-order valence-corrected chi connectivity index (χ3v) is 3.38. The zero-order valence-corrected chi connectivity index (χ0v) is 10.7. The Morgan fingerprint density at radius 2 is 2.29 bits per heavy atom. The van der Waals surface area contributed by atoms with Crippen LogP contribution in [0.1, 0.15) is 43.7 Å². The SMILES string of the molecule is COCCCNCc1cnn(C2CCCC2)c1. The van der Waals surface area contributed by atoms with Crippen molar-refractivity contribution in [3.63, 3.8) is 0 Å². The van der Waals surface area contributed by atoms with Gasteiger partial charge in [-0.25, -0.2) is 0 Å². The molecule has 0 amide bonds. The number of ether oxygens (including phenoxy) is 1. The molecule has 0 unspecified atom stereocenters. The van der Waals surface area contributed by atoms with E-state index in [4.69, 9.17) is 4.74 Å². The Labute approximate surface area is 103 Å². The maximum Gasteiger partial charge on any atom is 0.0534 e. The Morgan fingerprint density at radius 3 is 3.06 bits per heavy atom. The summed E-state index contributed by atoms with van der Waals surface area (Å²) in [4.78, 5) is 0. The van der Waals surface area contributed by atoms with Crippen molar-refractivity contribution in [2.75, 3.05) is 20.3 Å². The van der Waals surface area contributed by atoms with Crippen LogP contribution in [-0.4, -0.2) is 30.0 Å². The van der Waals surface area contributed by atoms with Gasteiger partial charge in [0.05, 0.1) is 12.2 Å². The highest BCUT2D eigenvalue weighted by atomic mass is 16.5. The molecule has 2 rings (SSSR count). The molecule has 0 atom stereocenters. The van der Waals surface area contributed by atoms with E-state index in [1.54, 1.807) is 7.11 Å². The average Bonchev–Trinajstić information content (AvgIpc) is 2.99. The van der Waals surface area contributed by atoms with Crippen molar-refractivity contribution in [2.24, 2.45) is 0 Å². The van der Waals surface area contributed by atoms with Crippen molar-refractivity contribution in [3.05, 3.63) is 18.0 Å². The summed E-state index contributed by atoms with van der Waals surface area (Å²) in [6, 6.07) is 0.650. The molecule has 0 spiro atoms. The summed E-state index contributed by atoms with van der Waals surface area (Å²) in [6.07, 6.45) is 10.5. The van der Waals surface area contributed by atoms with Gasteiger partial charge >= 0.3 is 0 Å². The van der Waals surface area contributed by atoms with Crippen molar-refractivity contribution in [1.29, 1.82) is 0 Å². The molecule has 4 heteroatoms. The normalized spacial score (nSPS) is 16.8. The van der Waals surface area contributed by atoms with Crippen LogP contribution in [0.3, 0.4) is 0 Å². The van der Waals surface area contributed by atoms with Crippen molar-refractivity contribution in [1.82, 2.24) is 15.1 Å². The van der Waals surface area contributed by atoms with Crippen LogP contribution in [0.2, 0.25) is 0 Å². The summed E-state index contributed by atoms with van der Waals surface area (Å²) in [5.41, 5.74) is 1.29. The van der Waals surface area contributed by atoms with Crippen LogP contribution in [0.4, 0.5) is 0 Å². The average molecular weight is 237 g/mol. The van der Waals surface area contributed by atoms with Gasteiger partial charge in [0.1, 0.15) is 0 Å². The monoisotopic (exact) mass is 237 g/mol. The van der Waals surface area contributed by atoms with E-state index in [-0.39, 0.29) is 0 Å². The third kappa shape index (κ3) is 3.82. The van der Waals surface area contributed by atoms with Crippen LogP contribution in [0.5, 0.6) is 0 Å². The smallest absolute Gasteiger partial charge is 0.0534 e. The maximum atomic E-state index is 5.01. The summed E-state index contributed by atoms with van der Waals surface area (Å²) in [6.45, 7) is 2.74. The Balaban J connectivity index is 1.70. The van der Waals surface area contributed by atoms with Gasteiger partial charge in [-0.3, -0.25) is 4.68 Å². The molecular weight excluding hydrogens is 214 g/mol. The van der Waals surface area contributed by atoms with Crippen molar-refractivity contribution < 1.29 is 4.74 Å². The number of hydrogen-bond acceptors (Lipinski definition) is 3. The molecule has 1 heterocycles. The molecule has 96 valence electrons. The molecule has 4 nitrogen and oxygen atoms in total. The van der Waals surface area contributed by atoms with Crippen LogP contribution in [0.15, 0.2) is 12.4 Å². The summed E-state index contributed by atoms with van der Waals surface area (Å²) < 4.78 is 7.16. The molecule has 1 aromatic heterocycles. The van der Waals surface area contributed by atoms with Crippen LogP contribution >= 0.6 is 0 Å². The molecule has 1 saturated carbocycles. The molecule has 0 radical (unpaired) electrons. The van der Waals surface area contributed by atoms with Gasteiger partial charge < -0.3 is 10.1 Å². The van der Waals surface area contributed by atoms with E-state index < -0.39 is 0 Å². The minimum absolute atomic E-state index is 0.650. The number of rotatable bonds is 7. The van der Waals surface area contributed by atoms with E-state index in [2.05, 4.69) is 21.3 Å². The Hall–Kier alpha value is -0.870. The zero-order valence-electron chi connectivity index (χ0n) is 10.7. The second kappa shape index (κ2) is 6.77. The van der Waals surface area contributed by atoms with Gasteiger partial charge in [0, 0.05) is 32.0 Å². The first-order valence-electron chi connectivity index (χ1n) is 6.63. The van der Waals surface area contributed by atoms with Gasteiger partial charge in [0.25, 0.3) is 0 Å². The fraction of sp³-hybridized carbons (Fsp3) is 0.769. The predicted octanol–water partition coefficient (Wildman–Crippen LogP) is 2.12.